The number of ether oxygens (including phenoxy) is 2. The molecule has 0 saturated carbocycles. The van der Waals surface area contributed by atoms with Crippen molar-refractivity contribution in [2.75, 3.05) is 20.6 Å². The normalized spacial score (nSPS) is 16.2. The summed E-state index contributed by atoms with van der Waals surface area (Å²) < 4.78 is 52.5. The second kappa shape index (κ2) is 18.3. The molecule has 1 heterocycles. The van der Waals surface area contributed by atoms with E-state index < -0.39 is 73.1 Å². The second-order valence-electron chi connectivity index (χ2n) is 14.3. The lowest BCUT2D eigenvalue weighted by Gasteiger charge is -2.35. The van der Waals surface area contributed by atoms with E-state index >= 15 is 0 Å². The summed E-state index contributed by atoms with van der Waals surface area (Å²) in [4.78, 5) is 57.2. The molecule has 51 heavy (non-hydrogen) atoms. The Balaban J connectivity index is 1.98. The van der Waals surface area contributed by atoms with E-state index in [2.05, 4.69) is 35.8 Å². The molecule has 3 aromatic rings. The predicted molar refractivity (Wildman–Crippen MR) is 194 cm³/mol. The summed E-state index contributed by atoms with van der Waals surface area (Å²) in [5, 5.41) is 20.8. The van der Waals surface area contributed by atoms with Crippen LogP contribution in [0.3, 0.4) is 0 Å². The Morgan fingerprint density at radius 1 is 0.765 bits per heavy atom. The SMILES string of the molecule is [2H]C([2H])([2H])OC(=O)NC(C(=O)NC(Cc1ccccc1)[C@@H](O)CN(Cc1ccc(-c2ccccn2)cc1)NC(=O)[C@@H](NC(=O)OC([2H])([2H])[2H])C(C)(C)C)C(C)(C)C. The summed E-state index contributed by atoms with van der Waals surface area (Å²) in [5.41, 5.74) is 3.85. The van der Waals surface area contributed by atoms with Crippen LogP contribution in [0.15, 0.2) is 79.0 Å². The largest absolute Gasteiger partial charge is 0.453 e. The van der Waals surface area contributed by atoms with Gasteiger partial charge in [0.2, 0.25) is 5.91 Å². The molecule has 13 heteroatoms. The van der Waals surface area contributed by atoms with E-state index in [9.17, 15) is 24.3 Å². The van der Waals surface area contributed by atoms with Gasteiger partial charge in [-0.1, -0.05) is 102 Å². The van der Waals surface area contributed by atoms with Crippen molar-refractivity contribution in [1.29, 1.82) is 0 Å². The summed E-state index contributed by atoms with van der Waals surface area (Å²) in [6.45, 7) is 9.64. The number of rotatable bonds is 14. The van der Waals surface area contributed by atoms with Crippen LogP contribution in [-0.4, -0.2) is 84.0 Å². The summed E-state index contributed by atoms with van der Waals surface area (Å²) in [7, 11) is -6.12. The minimum atomic E-state index is -3.06. The van der Waals surface area contributed by atoms with Crippen molar-refractivity contribution in [3.05, 3.63) is 90.1 Å². The second-order valence-corrected chi connectivity index (χ2v) is 14.3. The molecule has 0 saturated heterocycles. The van der Waals surface area contributed by atoms with Gasteiger partial charge in [0.05, 0.1) is 40.1 Å². The first-order chi connectivity index (χ1) is 26.3. The maximum absolute atomic E-state index is 13.9. The van der Waals surface area contributed by atoms with Gasteiger partial charge in [-0.05, 0) is 40.5 Å². The van der Waals surface area contributed by atoms with Crippen molar-refractivity contribution < 1.29 is 42.0 Å². The molecule has 0 bridgehead atoms. The number of methoxy groups -OCH3 is 2. The molecule has 0 aliphatic heterocycles. The van der Waals surface area contributed by atoms with E-state index in [-0.39, 0.29) is 19.5 Å². The van der Waals surface area contributed by atoms with E-state index in [1.54, 1.807) is 84.1 Å². The highest BCUT2D eigenvalue weighted by atomic mass is 16.5. The lowest BCUT2D eigenvalue weighted by molar-refractivity contribution is -0.132. The molecule has 13 nitrogen and oxygen atoms in total. The van der Waals surface area contributed by atoms with Gasteiger partial charge in [0.15, 0.2) is 0 Å². The van der Waals surface area contributed by atoms with Gasteiger partial charge < -0.3 is 30.5 Å². The topological polar surface area (TPSA) is 171 Å². The molecule has 2 unspecified atom stereocenters. The number of hydrogen-bond acceptors (Lipinski definition) is 9. The number of amides is 4. The van der Waals surface area contributed by atoms with Gasteiger partial charge in [-0.3, -0.25) is 20.0 Å². The van der Waals surface area contributed by atoms with Gasteiger partial charge in [0.1, 0.15) is 12.1 Å². The van der Waals surface area contributed by atoms with Crippen LogP contribution in [0.1, 0.15) is 60.9 Å². The third kappa shape index (κ3) is 12.7. The number of pyridine rings is 1. The highest BCUT2D eigenvalue weighted by Gasteiger charge is 2.37. The number of hydrazine groups is 1. The van der Waals surface area contributed by atoms with Crippen LogP contribution in [0.25, 0.3) is 11.3 Å². The van der Waals surface area contributed by atoms with Gasteiger partial charge in [0, 0.05) is 24.8 Å². The highest BCUT2D eigenvalue weighted by molar-refractivity contribution is 5.87. The lowest BCUT2D eigenvalue weighted by atomic mass is 9.85. The number of nitrogens with one attached hydrogen (secondary N) is 4. The lowest BCUT2D eigenvalue weighted by Crippen LogP contribution is -2.60. The number of nitrogens with zero attached hydrogens (tertiary/aromatic N) is 2. The zero-order chi connectivity index (χ0) is 42.8. The Bertz CT molecular complexity index is 1780. The van der Waals surface area contributed by atoms with Gasteiger partial charge in [-0.15, -0.1) is 0 Å². The third-order valence-electron chi connectivity index (χ3n) is 8.02. The van der Waals surface area contributed by atoms with Crippen LogP contribution in [-0.2, 0) is 32.0 Å². The van der Waals surface area contributed by atoms with E-state index in [4.69, 9.17) is 8.22 Å². The number of aliphatic hydroxyl groups excluding tert-OH is 1. The Labute approximate surface area is 308 Å². The first kappa shape index (κ1) is 31.9. The minimum absolute atomic E-state index is 0.0149. The molecule has 5 N–H and O–H groups in total. The van der Waals surface area contributed by atoms with Crippen LogP contribution in [0, 0.1) is 10.8 Å². The molecule has 1 aromatic heterocycles. The van der Waals surface area contributed by atoms with E-state index in [1.807, 2.05) is 36.4 Å². The number of aliphatic hydroxyl groups is 1. The molecule has 0 radical (unpaired) electrons. The average molecular weight is 711 g/mol. The smallest absolute Gasteiger partial charge is 0.407 e. The number of carbonyl (C=O) groups is 4. The molecule has 0 fully saturated rings. The molecule has 3 rings (SSSR count). The van der Waals surface area contributed by atoms with Crippen LogP contribution < -0.4 is 21.4 Å². The Kier molecular flexibility index (Phi) is 11.5. The molecule has 2 aromatic carbocycles. The van der Waals surface area contributed by atoms with Crippen molar-refractivity contribution in [2.24, 2.45) is 10.8 Å². The Hall–Kier alpha value is -5.01. The van der Waals surface area contributed by atoms with Gasteiger partial charge in [0.25, 0.3) is 5.91 Å². The summed E-state index contributed by atoms with van der Waals surface area (Å²) in [6, 6.07) is 18.1. The maximum atomic E-state index is 13.9. The maximum Gasteiger partial charge on any atom is 0.407 e. The number of benzene rings is 2. The molecular formula is C38H52N6O7. The van der Waals surface area contributed by atoms with Crippen LogP contribution in [0.5, 0.6) is 0 Å². The molecule has 0 aliphatic rings. The highest BCUT2D eigenvalue weighted by Crippen LogP contribution is 2.23. The number of hydrogen-bond donors (Lipinski definition) is 5. The third-order valence-corrected chi connectivity index (χ3v) is 8.02. The average Bonchev–Trinajstić information content (AvgIpc) is 3.08. The van der Waals surface area contributed by atoms with E-state index in [1.165, 1.54) is 5.01 Å². The van der Waals surface area contributed by atoms with E-state index in [0.717, 1.165) is 16.8 Å². The fraction of sp³-hybridized carbons (Fsp3) is 0.447. The minimum Gasteiger partial charge on any atom is -0.453 e. The summed E-state index contributed by atoms with van der Waals surface area (Å²) in [5.74, 6) is -1.49. The molecule has 276 valence electrons. The van der Waals surface area contributed by atoms with Crippen molar-refractivity contribution >= 4 is 24.0 Å². The number of aromatic nitrogens is 1. The fourth-order valence-electron chi connectivity index (χ4n) is 5.32. The van der Waals surface area contributed by atoms with Gasteiger partial charge in [-0.2, -0.15) is 0 Å². The zero-order valence-corrected chi connectivity index (χ0v) is 29.7. The number of alkyl carbamates (subject to hydrolysis) is 2. The Morgan fingerprint density at radius 2 is 1.33 bits per heavy atom. The van der Waals surface area contributed by atoms with Gasteiger partial charge >= 0.3 is 12.2 Å². The fourth-order valence-corrected chi connectivity index (χ4v) is 5.32. The zero-order valence-electron chi connectivity index (χ0n) is 35.7. The van der Waals surface area contributed by atoms with Crippen molar-refractivity contribution in [3.63, 3.8) is 0 Å². The molecular weight excluding hydrogens is 652 g/mol. The van der Waals surface area contributed by atoms with Crippen LogP contribution >= 0.6 is 0 Å². The number of carbonyl (C=O) groups excluding carboxylic acids is 4. The standard InChI is InChI=1S/C38H52N6O7/c1-37(2,3)31(41-35(48)50-7)33(46)40-29(22-25-14-10-9-11-15-25)30(45)24-44(43-34(47)32(38(4,5)6)42-36(49)51-8)23-26-17-19-27(20-18-26)28-16-12-13-21-39-28/h9-21,29-32,45H,22-24H2,1-8H3,(H,40,46)(H,41,48)(H,42,49)(H,43,47)/t29?,30-,31?,32+/m0/s1/i7D3,8D3. The summed E-state index contributed by atoms with van der Waals surface area (Å²) in [6.07, 6.45) is -2.31. The molecule has 4 amide bonds. The van der Waals surface area contributed by atoms with Crippen molar-refractivity contribution in [1.82, 2.24) is 31.4 Å². The molecule has 0 aliphatic carbocycles. The summed E-state index contributed by atoms with van der Waals surface area (Å²) >= 11 is 0. The van der Waals surface area contributed by atoms with Crippen LogP contribution in [0.4, 0.5) is 9.59 Å². The predicted octanol–water partition coefficient (Wildman–Crippen LogP) is 4.21. The Morgan fingerprint density at radius 3 is 1.86 bits per heavy atom. The first-order valence-corrected chi connectivity index (χ1v) is 16.4. The van der Waals surface area contributed by atoms with Gasteiger partial charge in [-0.25, -0.2) is 14.6 Å². The molecule has 4 atom stereocenters. The first-order valence-electron chi connectivity index (χ1n) is 19.4. The quantitative estimate of drug-likeness (QED) is 0.154. The van der Waals surface area contributed by atoms with Crippen LogP contribution in [0.2, 0.25) is 0 Å². The van der Waals surface area contributed by atoms with E-state index in [0.29, 0.717) is 5.56 Å². The molecule has 0 spiro atoms. The monoisotopic (exact) mass is 710 g/mol. The van der Waals surface area contributed by atoms with Crippen molar-refractivity contribution in [3.8, 4) is 11.3 Å². The van der Waals surface area contributed by atoms with Crippen molar-refractivity contribution in [2.45, 2.75) is 78.7 Å².